The van der Waals surface area contributed by atoms with Gasteiger partial charge in [-0.2, -0.15) is 5.10 Å². The van der Waals surface area contributed by atoms with Crippen LogP contribution in [0, 0.1) is 6.92 Å². The molecule has 1 heterocycles. The maximum Gasteiger partial charge on any atom is 0.0695 e. The fourth-order valence-corrected chi connectivity index (χ4v) is 2.36. The Morgan fingerprint density at radius 3 is 2.95 bits per heavy atom. The molecule has 108 valence electrons. The number of H-pyrrole nitrogens is 1. The average Bonchev–Trinajstić information content (AvgIpc) is 2.92. The van der Waals surface area contributed by atoms with E-state index in [1.807, 2.05) is 6.20 Å². The Morgan fingerprint density at radius 2 is 2.25 bits per heavy atom. The summed E-state index contributed by atoms with van der Waals surface area (Å²) in [6, 6.07) is 8.74. The highest BCUT2D eigenvalue weighted by Crippen LogP contribution is 2.22. The molecule has 1 unspecified atom stereocenters. The third-order valence-corrected chi connectivity index (χ3v) is 3.58. The molecule has 0 amide bonds. The van der Waals surface area contributed by atoms with Crippen LogP contribution < -0.4 is 5.32 Å². The standard InChI is InChI=1S/C16H23N3O/c1-3-15(7-8-20)17-10-14-11-18-19-16(14)13-6-4-5-12(2)9-13/h4-6,9,11,15,17,20H,3,7-8,10H2,1-2H3,(H,18,19). The van der Waals surface area contributed by atoms with Crippen molar-refractivity contribution in [3.63, 3.8) is 0 Å². The number of hydrogen-bond acceptors (Lipinski definition) is 3. The summed E-state index contributed by atoms with van der Waals surface area (Å²) in [7, 11) is 0. The van der Waals surface area contributed by atoms with Gasteiger partial charge in [0.25, 0.3) is 0 Å². The molecular weight excluding hydrogens is 250 g/mol. The number of aromatic nitrogens is 2. The molecule has 0 fully saturated rings. The zero-order valence-electron chi connectivity index (χ0n) is 12.2. The van der Waals surface area contributed by atoms with E-state index in [0.717, 1.165) is 36.2 Å². The van der Waals surface area contributed by atoms with Crippen LogP contribution >= 0.6 is 0 Å². The van der Waals surface area contributed by atoms with E-state index in [1.54, 1.807) is 0 Å². The summed E-state index contributed by atoms with van der Waals surface area (Å²) in [5.74, 6) is 0. The number of hydrogen-bond donors (Lipinski definition) is 3. The van der Waals surface area contributed by atoms with Crippen LogP contribution in [0.15, 0.2) is 30.5 Å². The van der Waals surface area contributed by atoms with Crippen molar-refractivity contribution >= 4 is 0 Å². The molecule has 0 aliphatic carbocycles. The second-order valence-electron chi connectivity index (χ2n) is 5.14. The van der Waals surface area contributed by atoms with Gasteiger partial charge in [-0.15, -0.1) is 0 Å². The monoisotopic (exact) mass is 273 g/mol. The topological polar surface area (TPSA) is 60.9 Å². The van der Waals surface area contributed by atoms with Crippen LogP contribution in [0.5, 0.6) is 0 Å². The molecule has 2 rings (SSSR count). The van der Waals surface area contributed by atoms with E-state index in [9.17, 15) is 0 Å². The summed E-state index contributed by atoms with van der Waals surface area (Å²) in [5.41, 5.74) is 4.63. The lowest BCUT2D eigenvalue weighted by Crippen LogP contribution is -2.28. The van der Waals surface area contributed by atoms with E-state index in [4.69, 9.17) is 5.11 Å². The van der Waals surface area contributed by atoms with Gasteiger partial charge in [-0.1, -0.05) is 30.7 Å². The van der Waals surface area contributed by atoms with Gasteiger partial charge in [0.15, 0.2) is 0 Å². The Labute approximate surface area is 120 Å². The predicted molar refractivity (Wildman–Crippen MR) is 81.4 cm³/mol. The predicted octanol–water partition coefficient (Wildman–Crippen LogP) is 2.64. The Morgan fingerprint density at radius 1 is 1.40 bits per heavy atom. The Balaban J connectivity index is 2.09. The number of aromatic amines is 1. The van der Waals surface area contributed by atoms with Crippen molar-refractivity contribution in [2.45, 2.75) is 39.3 Å². The normalized spacial score (nSPS) is 12.6. The fourth-order valence-electron chi connectivity index (χ4n) is 2.36. The molecule has 4 heteroatoms. The molecule has 1 aromatic heterocycles. The second-order valence-corrected chi connectivity index (χ2v) is 5.14. The zero-order valence-corrected chi connectivity index (χ0v) is 12.2. The summed E-state index contributed by atoms with van der Waals surface area (Å²) >= 11 is 0. The lowest BCUT2D eigenvalue weighted by atomic mass is 10.1. The molecule has 0 bridgehead atoms. The molecule has 1 atom stereocenters. The Bertz CT molecular complexity index is 536. The SMILES string of the molecule is CCC(CCO)NCc1cn[nH]c1-c1cccc(C)c1. The summed E-state index contributed by atoms with van der Waals surface area (Å²) in [5, 5.41) is 19.8. The first-order valence-corrected chi connectivity index (χ1v) is 7.18. The number of rotatable bonds is 7. The first kappa shape index (κ1) is 14.8. The summed E-state index contributed by atoms with van der Waals surface area (Å²) in [6.07, 6.45) is 3.67. The highest BCUT2D eigenvalue weighted by atomic mass is 16.3. The maximum absolute atomic E-state index is 9.03. The first-order chi connectivity index (χ1) is 9.74. The van der Waals surface area contributed by atoms with Crippen LogP contribution in [0.1, 0.15) is 30.9 Å². The third kappa shape index (κ3) is 3.68. The van der Waals surface area contributed by atoms with Gasteiger partial charge in [0.1, 0.15) is 0 Å². The first-order valence-electron chi connectivity index (χ1n) is 7.18. The molecule has 0 aliphatic rings. The van der Waals surface area contributed by atoms with Crippen molar-refractivity contribution in [1.82, 2.24) is 15.5 Å². The molecule has 2 aromatic rings. The van der Waals surface area contributed by atoms with Crippen LogP contribution in [0.3, 0.4) is 0 Å². The molecule has 0 spiro atoms. The molecule has 1 aromatic carbocycles. The minimum absolute atomic E-state index is 0.224. The van der Waals surface area contributed by atoms with Gasteiger partial charge in [-0.05, 0) is 25.8 Å². The van der Waals surface area contributed by atoms with Crippen molar-refractivity contribution in [3.05, 3.63) is 41.6 Å². The smallest absolute Gasteiger partial charge is 0.0695 e. The van der Waals surface area contributed by atoms with Crippen molar-refractivity contribution in [1.29, 1.82) is 0 Å². The maximum atomic E-state index is 9.03. The van der Waals surface area contributed by atoms with E-state index in [2.05, 4.69) is 53.6 Å². The molecule has 3 N–H and O–H groups in total. The van der Waals surface area contributed by atoms with Crippen LogP contribution in [-0.2, 0) is 6.54 Å². The van der Waals surface area contributed by atoms with Gasteiger partial charge >= 0.3 is 0 Å². The summed E-state index contributed by atoms with van der Waals surface area (Å²) in [6.45, 7) is 5.20. The number of benzene rings is 1. The molecule has 0 radical (unpaired) electrons. The van der Waals surface area contributed by atoms with Crippen LogP contribution in [-0.4, -0.2) is 28.0 Å². The number of aliphatic hydroxyl groups excluding tert-OH is 1. The largest absolute Gasteiger partial charge is 0.396 e. The van der Waals surface area contributed by atoms with Gasteiger partial charge in [-0.25, -0.2) is 0 Å². The number of aryl methyl sites for hydroxylation is 1. The van der Waals surface area contributed by atoms with Crippen LogP contribution in [0.25, 0.3) is 11.3 Å². The molecule has 0 saturated carbocycles. The van der Waals surface area contributed by atoms with Gasteiger partial charge in [0.2, 0.25) is 0 Å². The van der Waals surface area contributed by atoms with E-state index >= 15 is 0 Å². The van der Waals surface area contributed by atoms with Crippen molar-refractivity contribution in [3.8, 4) is 11.3 Å². The summed E-state index contributed by atoms with van der Waals surface area (Å²) < 4.78 is 0. The lowest BCUT2D eigenvalue weighted by molar-refractivity contribution is 0.262. The van der Waals surface area contributed by atoms with Crippen molar-refractivity contribution < 1.29 is 5.11 Å². The fraction of sp³-hybridized carbons (Fsp3) is 0.438. The van der Waals surface area contributed by atoms with Gasteiger partial charge in [-0.3, -0.25) is 5.10 Å². The molecule has 0 aliphatic heterocycles. The molecule has 0 saturated heterocycles. The van der Waals surface area contributed by atoms with Crippen molar-refractivity contribution in [2.24, 2.45) is 0 Å². The highest BCUT2D eigenvalue weighted by molar-refractivity contribution is 5.63. The Hall–Kier alpha value is -1.65. The minimum Gasteiger partial charge on any atom is -0.396 e. The number of aliphatic hydroxyl groups is 1. The molecule has 4 nitrogen and oxygen atoms in total. The Kier molecular flexibility index (Phi) is 5.32. The zero-order chi connectivity index (χ0) is 14.4. The van der Waals surface area contributed by atoms with Crippen LogP contribution in [0.2, 0.25) is 0 Å². The van der Waals surface area contributed by atoms with E-state index < -0.39 is 0 Å². The van der Waals surface area contributed by atoms with Crippen molar-refractivity contribution in [2.75, 3.05) is 6.61 Å². The average molecular weight is 273 g/mol. The molecule has 20 heavy (non-hydrogen) atoms. The molecular formula is C16H23N3O. The lowest BCUT2D eigenvalue weighted by Gasteiger charge is -2.15. The summed E-state index contributed by atoms with van der Waals surface area (Å²) in [4.78, 5) is 0. The quantitative estimate of drug-likeness (QED) is 0.727. The minimum atomic E-state index is 0.224. The highest BCUT2D eigenvalue weighted by Gasteiger charge is 2.10. The second kappa shape index (κ2) is 7.22. The van der Waals surface area contributed by atoms with E-state index in [1.165, 1.54) is 5.56 Å². The van der Waals surface area contributed by atoms with Crippen LogP contribution in [0.4, 0.5) is 0 Å². The van der Waals surface area contributed by atoms with E-state index in [-0.39, 0.29) is 6.61 Å². The number of nitrogens with zero attached hydrogens (tertiary/aromatic N) is 1. The van der Waals surface area contributed by atoms with E-state index in [0.29, 0.717) is 6.04 Å². The third-order valence-electron chi connectivity index (χ3n) is 3.58. The van der Waals surface area contributed by atoms with Gasteiger partial charge in [0.05, 0.1) is 11.9 Å². The van der Waals surface area contributed by atoms with Gasteiger partial charge < -0.3 is 10.4 Å². The number of nitrogens with one attached hydrogen (secondary N) is 2. The van der Waals surface area contributed by atoms with Gasteiger partial charge in [0, 0.05) is 30.3 Å².